The number of rotatable bonds is 4. The number of benzene rings is 1. The number of carbonyl (C=O) groups excluding carboxylic acids is 1. The molecule has 1 heterocycles. The summed E-state index contributed by atoms with van der Waals surface area (Å²) in [6.45, 7) is 1.52. The van der Waals surface area contributed by atoms with Crippen molar-refractivity contribution in [1.29, 1.82) is 5.26 Å². The highest BCUT2D eigenvalue weighted by atomic mass is 32.2. The van der Waals surface area contributed by atoms with Gasteiger partial charge in [-0.15, -0.1) is 0 Å². The summed E-state index contributed by atoms with van der Waals surface area (Å²) in [5.41, 5.74) is 0. The van der Waals surface area contributed by atoms with E-state index in [1.807, 2.05) is 17.8 Å². The molecule has 1 aliphatic heterocycles. The number of carboxylic acids is 1. The van der Waals surface area contributed by atoms with Crippen LogP contribution < -0.4 is 0 Å². The summed E-state index contributed by atoms with van der Waals surface area (Å²) in [5.74, 6) is -0.978. The molecule has 2 rings (SSSR count). The van der Waals surface area contributed by atoms with Crippen LogP contribution in [0, 0.1) is 11.3 Å². The van der Waals surface area contributed by atoms with Gasteiger partial charge in [0.05, 0.1) is 6.07 Å². The Morgan fingerprint density at radius 3 is 2.35 bits per heavy atom. The Balaban J connectivity index is 0.000000233. The van der Waals surface area contributed by atoms with Crippen LogP contribution in [0.1, 0.15) is 19.8 Å². The number of fused-ring (bicyclic) bond motifs is 1. The van der Waals surface area contributed by atoms with Gasteiger partial charge in [-0.25, -0.2) is 0 Å². The predicted octanol–water partition coefficient (Wildman–Crippen LogP) is 4.07. The molecule has 0 bridgehead atoms. The van der Waals surface area contributed by atoms with E-state index in [0.717, 1.165) is 11.8 Å². The van der Waals surface area contributed by atoms with Gasteiger partial charge in [0, 0.05) is 16.2 Å². The van der Waals surface area contributed by atoms with Crippen molar-refractivity contribution < 1.29 is 14.7 Å². The van der Waals surface area contributed by atoms with Gasteiger partial charge in [0.1, 0.15) is 4.75 Å². The highest BCUT2D eigenvalue weighted by molar-refractivity contribution is 8.32. The van der Waals surface area contributed by atoms with Crippen molar-refractivity contribution in [3.63, 3.8) is 0 Å². The zero-order valence-corrected chi connectivity index (χ0v) is 13.2. The Bertz CT molecular complexity index is 535. The van der Waals surface area contributed by atoms with E-state index in [2.05, 4.69) is 36.9 Å². The van der Waals surface area contributed by atoms with Crippen LogP contribution in [-0.2, 0) is 4.79 Å². The van der Waals surface area contributed by atoms with Crippen molar-refractivity contribution in [3.05, 3.63) is 24.3 Å². The maximum atomic E-state index is 10.6. The molecule has 20 heavy (non-hydrogen) atoms. The van der Waals surface area contributed by atoms with E-state index < -0.39 is 15.2 Å². The summed E-state index contributed by atoms with van der Waals surface area (Å²) in [4.78, 5) is 23.7. The molecule has 1 aromatic rings. The van der Waals surface area contributed by atoms with E-state index in [0.29, 0.717) is 0 Å². The third-order valence-electron chi connectivity index (χ3n) is 2.39. The molecule has 106 valence electrons. The van der Waals surface area contributed by atoms with Crippen molar-refractivity contribution in [2.75, 3.05) is 0 Å². The van der Waals surface area contributed by atoms with Gasteiger partial charge in [-0.2, -0.15) is 5.26 Å². The first-order valence-corrected chi connectivity index (χ1v) is 7.76. The number of nitrogens with zero attached hydrogens (tertiary/aromatic N) is 1. The maximum absolute atomic E-state index is 10.6. The van der Waals surface area contributed by atoms with Crippen LogP contribution in [-0.4, -0.2) is 20.3 Å². The van der Waals surface area contributed by atoms with Gasteiger partial charge in [0.2, 0.25) is 4.45 Å². The Morgan fingerprint density at radius 1 is 1.45 bits per heavy atom. The van der Waals surface area contributed by atoms with Crippen LogP contribution >= 0.6 is 36.2 Å². The number of hydrogen-bond donors (Lipinski definition) is 2. The lowest BCUT2D eigenvalue weighted by Gasteiger charge is -2.16. The Labute approximate surface area is 131 Å². The third kappa shape index (κ3) is 6.37. The summed E-state index contributed by atoms with van der Waals surface area (Å²) in [6.07, 6.45) is 0.00785. The molecule has 4 nitrogen and oxygen atoms in total. The average Bonchev–Trinajstić information content (AvgIpc) is 3.15. The van der Waals surface area contributed by atoms with Crippen molar-refractivity contribution in [3.8, 4) is 6.07 Å². The monoisotopic (exact) mass is 327 g/mol. The molecule has 1 N–H and O–H groups in total. The van der Waals surface area contributed by atoms with E-state index in [9.17, 15) is 9.59 Å². The first-order chi connectivity index (χ1) is 9.36. The summed E-state index contributed by atoms with van der Waals surface area (Å²) < 4.78 is -1.47. The largest absolute Gasteiger partial charge is 0.481 e. The predicted molar refractivity (Wildman–Crippen MR) is 83.4 cm³/mol. The molecular formula is C13H13NO3S3. The quantitative estimate of drug-likeness (QED) is 0.651. The average molecular weight is 327 g/mol. The Kier molecular flexibility index (Phi) is 6.46. The van der Waals surface area contributed by atoms with Crippen molar-refractivity contribution in [1.82, 2.24) is 0 Å². The van der Waals surface area contributed by atoms with Gasteiger partial charge < -0.3 is 5.11 Å². The Morgan fingerprint density at radius 2 is 2.00 bits per heavy atom. The highest BCUT2D eigenvalue weighted by Crippen LogP contribution is 2.47. The SMILES string of the molecule is CC(C#N)(CCC(=O)O)SC(=O)S.c1ccc2c(c1)S2. The fourth-order valence-corrected chi connectivity index (χ4v) is 3.13. The lowest BCUT2D eigenvalue weighted by atomic mass is 10.1. The molecule has 0 radical (unpaired) electrons. The van der Waals surface area contributed by atoms with E-state index in [4.69, 9.17) is 10.4 Å². The lowest BCUT2D eigenvalue weighted by molar-refractivity contribution is -0.137. The molecule has 0 aliphatic carbocycles. The number of hydrogen-bond acceptors (Lipinski definition) is 5. The van der Waals surface area contributed by atoms with E-state index in [-0.39, 0.29) is 12.8 Å². The molecule has 1 unspecified atom stereocenters. The topological polar surface area (TPSA) is 78.2 Å². The van der Waals surface area contributed by atoms with Crippen molar-refractivity contribution >= 4 is 46.6 Å². The zero-order chi connectivity index (χ0) is 15.2. The molecule has 0 fully saturated rings. The van der Waals surface area contributed by atoms with Gasteiger partial charge in [0.15, 0.2) is 0 Å². The normalized spacial score (nSPS) is 13.8. The number of thiol groups is 1. The van der Waals surface area contributed by atoms with Gasteiger partial charge in [0.25, 0.3) is 0 Å². The van der Waals surface area contributed by atoms with Gasteiger partial charge >= 0.3 is 5.97 Å². The minimum Gasteiger partial charge on any atom is -0.481 e. The second-order valence-electron chi connectivity index (χ2n) is 4.15. The lowest BCUT2D eigenvalue weighted by Crippen LogP contribution is -2.19. The summed E-state index contributed by atoms with van der Waals surface area (Å²) in [7, 11) is 0. The highest BCUT2D eigenvalue weighted by Gasteiger charge is 2.27. The van der Waals surface area contributed by atoms with Gasteiger partial charge in [-0.05, 0) is 25.5 Å². The molecule has 0 aromatic heterocycles. The molecule has 0 saturated heterocycles. The first kappa shape index (κ1) is 17.0. The van der Waals surface area contributed by atoms with Crippen LogP contribution in [0.3, 0.4) is 0 Å². The third-order valence-corrected chi connectivity index (χ3v) is 4.53. The van der Waals surface area contributed by atoms with Crippen LogP contribution in [0.2, 0.25) is 0 Å². The van der Waals surface area contributed by atoms with Gasteiger partial charge in [-0.1, -0.05) is 48.3 Å². The summed E-state index contributed by atoms with van der Waals surface area (Å²) >= 11 is 6.12. The minimum atomic E-state index is -0.989. The van der Waals surface area contributed by atoms with E-state index in [1.54, 1.807) is 0 Å². The van der Waals surface area contributed by atoms with Crippen LogP contribution in [0.25, 0.3) is 0 Å². The number of thioether (sulfide) groups is 1. The molecule has 0 spiro atoms. The number of aliphatic carboxylic acids is 1. The molecule has 7 heteroatoms. The van der Waals surface area contributed by atoms with Gasteiger partial charge in [-0.3, -0.25) is 9.59 Å². The van der Waals surface area contributed by atoms with Crippen LogP contribution in [0.5, 0.6) is 0 Å². The van der Waals surface area contributed by atoms with Crippen LogP contribution in [0.4, 0.5) is 4.79 Å². The number of carbonyl (C=O) groups is 2. The smallest absolute Gasteiger partial charge is 0.303 e. The van der Waals surface area contributed by atoms with Crippen molar-refractivity contribution in [2.24, 2.45) is 0 Å². The molecule has 1 atom stereocenters. The molecule has 0 amide bonds. The van der Waals surface area contributed by atoms with E-state index >= 15 is 0 Å². The maximum Gasteiger partial charge on any atom is 0.303 e. The second kappa shape index (κ2) is 7.62. The minimum absolute atomic E-state index is 0.127. The molecular weight excluding hydrogens is 314 g/mol. The first-order valence-electron chi connectivity index (χ1n) is 5.68. The zero-order valence-electron chi connectivity index (χ0n) is 10.7. The number of nitriles is 1. The van der Waals surface area contributed by atoms with E-state index in [1.165, 1.54) is 16.7 Å². The van der Waals surface area contributed by atoms with Crippen molar-refractivity contribution in [2.45, 2.75) is 34.3 Å². The number of carboxylic acid groups (broad SMARTS) is 1. The molecule has 1 aromatic carbocycles. The summed E-state index contributed by atoms with van der Waals surface area (Å²) in [6, 6.07) is 10.3. The second-order valence-corrected chi connectivity index (χ2v) is 7.42. The fourth-order valence-electron chi connectivity index (χ4n) is 1.28. The molecule has 1 aliphatic rings. The van der Waals surface area contributed by atoms with Crippen LogP contribution in [0.15, 0.2) is 34.1 Å². The standard InChI is InChI=1S/C7H9NO3S2.C6H4S/c1-7(4-8,13-6(11)12)3-2-5(9)10;1-2-4-6-5(3-1)7-6/h2-3H2,1H3,(H,9,10)(H,11,12);1-4H. The fraction of sp³-hybridized carbons (Fsp3) is 0.308. The Hall–Kier alpha value is -1.10. The molecule has 0 saturated carbocycles. The summed E-state index contributed by atoms with van der Waals surface area (Å²) in [5, 5.41) is 17.1.